The highest BCUT2D eigenvalue weighted by molar-refractivity contribution is 5.96. The van der Waals surface area contributed by atoms with Gasteiger partial charge in [-0.3, -0.25) is 0 Å². The lowest BCUT2D eigenvalue weighted by Gasteiger charge is -2.20. The molecule has 50 heavy (non-hydrogen) atoms. The fourth-order valence-corrected chi connectivity index (χ4v) is 5.31. The number of anilines is 2. The molecular weight excluding hydrogens is 634 g/mol. The van der Waals surface area contributed by atoms with Crippen LogP contribution >= 0.6 is 0 Å². The van der Waals surface area contributed by atoms with Gasteiger partial charge >= 0.3 is 12.1 Å². The number of hydrogen-bond donors (Lipinski definition) is 1. The summed E-state index contributed by atoms with van der Waals surface area (Å²) in [6.45, 7) is 10.5. The number of aromatic nitrogens is 4. The van der Waals surface area contributed by atoms with E-state index in [9.17, 15) is 9.59 Å². The smallest absolute Gasteiger partial charge is 0.435 e. The fourth-order valence-electron chi connectivity index (χ4n) is 5.31. The number of nitrogens with one attached hydrogen (secondary N) is 1. The van der Waals surface area contributed by atoms with Crippen LogP contribution < -0.4 is 14.8 Å². The van der Waals surface area contributed by atoms with Crippen LogP contribution in [-0.4, -0.2) is 56.7 Å². The Morgan fingerprint density at radius 1 is 0.760 bits per heavy atom. The molecule has 1 N–H and O–H groups in total. The second kappa shape index (κ2) is 13.5. The molecule has 11 nitrogen and oxygen atoms in total. The topological polar surface area (TPSA) is 127 Å². The first-order valence-corrected chi connectivity index (χ1v) is 16.1. The molecule has 0 fully saturated rings. The number of hydrogen-bond acceptors (Lipinski definition) is 10. The maximum atomic E-state index is 12.8. The van der Waals surface area contributed by atoms with E-state index >= 15 is 0 Å². The number of esters is 1. The maximum Gasteiger partial charge on any atom is 0.435 e. The van der Waals surface area contributed by atoms with E-state index in [4.69, 9.17) is 28.9 Å². The Hall–Kier alpha value is -5.97. The van der Waals surface area contributed by atoms with Gasteiger partial charge in [-0.2, -0.15) is 9.78 Å². The van der Waals surface area contributed by atoms with Crippen LogP contribution in [0.2, 0.25) is 0 Å². The SMILES string of the molecule is COc1cc2nc(-c3cccc(-c4ccccc4)c3)nc(Nc3ccc4c(cnn4C(=O)OC(C)(C)C)c3)c2cc1OCC(=O)OC(C)(C)C. The zero-order valence-corrected chi connectivity index (χ0v) is 29.1. The largest absolute Gasteiger partial charge is 0.493 e. The van der Waals surface area contributed by atoms with E-state index in [1.165, 1.54) is 11.8 Å². The van der Waals surface area contributed by atoms with Gasteiger partial charge in [0.2, 0.25) is 0 Å². The third kappa shape index (κ3) is 7.84. The van der Waals surface area contributed by atoms with Gasteiger partial charge in [0.05, 0.1) is 24.3 Å². The number of ether oxygens (including phenoxy) is 4. The van der Waals surface area contributed by atoms with Crippen LogP contribution in [0.15, 0.2) is 91.1 Å². The lowest BCUT2D eigenvalue weighted by Crippen LogP contribution is -2.27. The zero-order chi connectivity index (χ0) is 35.6. The van der Waals surface area contributed by atoms with Crippen LogP contribution in [0.25, 0.3) is 44.3 Å². The molecule has 0 aliphatic carbocycles. The molecule has 0 aliphatic rings. The Bertz CT molecular complexity index is 2200. The van der Waals surface area contributed by atoms with Crippen molar-refractivity contribution in [2.45, 2.75) is 52.7 Å². The van der Waals surface area contributed by atoms with Crippen LogP contribution in [-0.2, 0) is 14.3 Å². The summed E-state index contributed by atoms with van der Waals surface area (Å²) < 4.78 is 23.8. The predicted molar refractivity (Wildman–Crippen MR) is 193 cm³/mol. The summed E-state index contributed by atoms with van der Waals surface area (Å²) in [4.78, 5) is 35.2. The summed E-state index contributed by atoms with van der Waals surface area (Å²) in [6.07, 6.45) is 1.04. The zero-order valence-electron chi connectivity index (χ0n) is 29.1. The van der Waals surface area contributed by atoms with E-state index < -0.39 is 23.3 Å². The lowest BCUT2D eigenvalue weighted by atomic mass is 10.0. The van der Waals surface area contributed by atoms with Crippen LogP contribution in [0.3, 0.4) is 0 Å². The molecule has 0 aliphatic heterocycles. The van der Waals surface area contributed by atoms with Crippen molar-refractivity contribution < 1.29 is 28.5 Å². The lowest BCUT2D eigenvalue weighted by molar-refractivity contribution is -0.157. The van der Waals surface area contributed by atoms with E-state index in [-0.39, 0.29) is 6.61 Å². The second-order valence-corrected chi connectivity index (χ2v) is 13.7. The van der Waals surface area contributed by atoms with E-state index in [0.29, 0.717) is 45.2 Å². The van der Waals surface area contributed by atoms with Crippen molar-refractivity contribution in [1.82, 2.24) is 19.7 Å². The van der Waals surface area contributed by atoms with Gasteiger partial charge in [0.15, 0.2) is 23.9 Å². The number of rotatable bonds is 8. The van der Waals surface area contributed by atoms with Crippen molar-refractivity contribution in [3.63, 3.8) is 0 Å². The van der Waals surface area contributed by atoms with Gasteiger partial charge in [-0.1, -0.05) is 48.5 Å². The molecular formula is C39H39N5O6. The summed E-state index contributed by atoms with van der Waals surface area (Å²) >= 11 is 0. The highest BCUT2D eigenvalue weighted by Crippen LogP contribution is 2.37. The Morgan fingerprint density at radius 3 is 2.20 bits per heavy atom. The van der Waals surface area contributed by atoms with E-state index in [1.54, 1.807) is 65.9 Å². The van der Waals surface area contributed by atoms with E-state index in [0.717, 1.165) is 22.1 Å². The van der Waals surface area contributed by atoms with Gasteiger partial charge < -0.3 is 24.3 Å². The van der Waals surface area contributed by atoms with Crippen LogP contribution in [0.1, 0.15) is 41.5 Å². The van der Waals surface area contributed by atoms with Crippen molar-refractivity contribution in [1.29, 1.82) is 0 Å². The van der Waals surface area contributed by atoms with Crippen molar-refractivity contribution >= 4 is 45.4 Å². The first kappa shape index (κ1) is 33.9. The van der Waals surface area contributed by atoms with Gasteiger partial charge in [-0.05, 0) is 83.0 Å². The number of carbonyl (C=O) groups excluding carboxylic acids is 2. The molecule has 0 atom stereocenters. The quantitative estimate of drug-likeness (QED) is 0.157. The number of fused-ring (bicyclic) bond motifs is 2. The number of nitrogens with zero attached hydrogens (tertiary/aromatic N) is 4. The first-order chi connectivity index (χ1) is 23.8. The monoisotopic (exact) mass is 673 g/mol. The average Bonchev–Trinajstić information content (AvgIpc) is 3.49. The molecule has 0 saturated heterocycles. The fraction of sp³-hybridized carbons (Fsp3) is 0.256. The molecule has 0 spiro atoms. The minimum absolute atomic E-state index is 0.314. The van der Waals surface area contributed by atoms with Crippen molar-refractivity contribution in [2.75, 3.05) is 19.0 Å². The van der Waals surface area contributed by atoms with E-state index in [1.807, 2.05) is 54.6 Å². The van der Waals surface area contributed by atoms with Crippen molar-refractivity contribution in [3.05, 3.63) is 91.1 Å². The number of benzene rings is 4. The molecule has 2 aromatic heterocycles. The highest BCUT2D eigenvalue weighted by Gasteiger charge is 2.22. The minimum Gasteiger partial charge on any atom is -0.493 e. The Balaban J connectivity index is 1.42. The molecule has 6 rings (SSSR count). The van der Waals surface area contributed by atoms with Crippen LogP contribution in [0.4, 0.5) is 16.3 Å². The molecule has 256 valence electrons. The number of carbonyl (C=O) groups is 2. The molecule has 0 amide bonds. The van der Waals surface area contributed by atoms with Gasteiger partial charge in [0.1, 0.15) is 17.0 Å². The minimum atomic E-state index is -0.665. The molecule has 4 aromatic carbocycles. The standard InChI is InChI=1S/C39H39N5O6/c1-38(2,3)49-34(45)23-48-33-20-29-30(21-32(33)47-7)42-35(26-15-11-14-25(18-26)24-12-9-8-10-13-24)43-36(29)41-28-16-17-31-27(19-28)22-40-44(31)37(46)50-39(4,5)6/h8-22H,23H2,1-7H3,(H,41,42,43). The molecule has 0 bridgehead atoms. The normalized spacial score (nSPS) is 11.7. The van der Waals surface area contributed by atoms with Gasteiger partial charge in [0, 0.05) is 28.1 Å². The summed E-state index contributed by atoms with van der Waals surface area (Å²) in [5.41, 5.74) is 3.46. The molecule has 0 unspecified atom stereocenters. The van der Waals surface area contributed by atoms with Crippen LogP contribution in [0, 0.1) is 0 Å². The first-order valence-electron chi connectivity index (χ1n) is 16.1. The Kier molecular flexibility index (Phi) is 9.16. The Labute approximate surface area is 290 Å². The summed E-state index contributed by atoms with van der Waals surface area (Å²) in [7, 11) is 1.53. The third-order valence-electron chi connectivity index (χ3n) is 7.37. The van der Waals surface area contributed by atoms with Crippen molar-refractivity contribution in [3.8, 4) is 34.0 Å². The second-order valence-electron chi connectivity index (χ2n) is 13.7. The summed E-state index contributed by atoms with van der Waals surface area (Å²) in [6, 6.07) is 27.1. The van der Waals surface area contributed by atoms with Crippen molar-refractivity contribution in [2.24, 2.45) is 0 Å². The summed E-state index contributed by atoms with van der Waals surface area (Å²) in [5.74, 6) is 1.18. The predicted octanol–water partition coefficient (Wildman–Crippen LogP) is 8.57. The van der Waals surface area contributed by atoms with Gasteiger partial charge in [0.25, 0.3) is 0 Å². The summed E-state index contributed by atoms with van der Waals surface area (Å²) in [5, 5.41) is 9.06. The molecule has 0 radical (unpaired) electrons. The van der Waals surface area contributed by atoms with Gasteiger partial charge in [-0.25, -0.2) is 19.6 Å². The van der Waals surface area contributed by atoms with E-state index in [2.05, 4.69) is 22.5 Å². The molecule has 2 heterocycles. The molecule has 6 aromatic rings. The molecule has 11 heteroatoms. The highest BCUT2D eigenvalue weighted by atomic mass is 16.6. The molecule has 0 saturated carbocycles. The van der Waals surface area contributed by atoms with Crippen LogP contribution in [0.5, 0.6) is 11.5 Å². The average molecular weight is 674 g/mol. The Morgan fingerprint density at radius 2 is 1.48 bits per heavy atom. The number of methoxy groups -OCH3 is 1. The van der Waals surface area contributed by atoms with Gasteiger partial charge in [-0.15, -0.1) is 0 Å². The maximum absolute atomic E-state index is 12.8. The third-order valence-corrected chi connectivity index (χ3v) is 7.37.